The monoisotopic (exact) mass is 583 g/mol. The van der Waals surface area contributed by atoms with E-state index in [4.69, 9.17) is 4.74 Å². The number of aliphatic imine (C=N–C) groups is 1. The highest BCUT2D eigenvalue weighted by Crippen LogP contribution is 2.22. The molecule has 0 bridgehead atoms. The van der Waals surface area contributed by atoms with E-state index in [0.29, 0.717) is 16.8 Å². The lowest BCUT2D eigenvalue weighted by atomic mass is 10.0. The summed E-state index contributed by atoms with van der Waals surface area (Å²) in [6.45, 7) is 3.01. The molecule has 0 fully saturated rings. The van der Waals surface area contributed by atoms with Gasteiger partial charge in [0.15, 0.2) is 5.78 Å². The van der Waals surface area contributed by atoms with Crippen LogP contribution in [-0.2, 0) is 0 Å². The minimum absolute atomic E-state index is 0.00903. The van der Waals surface area contributed by atoms with Gasteiger partial charge >= 0.3 is 0 Å². The van der Waals surface area contributed by atoms with Crippen molar-refractivity contribution in [3.63, 3.8) is 0 Å². The third-order valence-corrected chi connectivity index (χ3v) is 7.59. The van der Waals surface area contributed by atoms with Crippen LogP contribution in [0.1, 0.15) is 118 Å². The summed E-state index contributed by atoms with van der Waals surface area (Å²) in [7, 11) is 0. The third-order valence-electron chi connectivity index (χ3n) is 7.59. The van der Waals surface area contributed by atoms with E-state index >= 15 is 0 Å². The lowest BCUT2D eigenvalue weighted by Crippen LogP contribution is -1.97. The van der Waals surface area contributed by atoms with E-state index in [0.717, 1.165) is 24.3 Å². The Bertz CT molecular complexity index is 1260. The number of hydrogen-bond donors (Lipinski definition) is 2. The number of phenolic OH excluding ortho intramolecular Hbond substituents is 2. The smallest absolute Gasteiger partial charge is 0.185 e. The fourth-order valence-corrected chi connectivity index (χ4v) is 4.93. The zero-order valence-corrected chi connectivity index (χ0v) is 25.8. The Hall–Kier alpha value is -3.86. The second-order valence-corrected chi connectivity index (χ2v) is 11.3. The predicted octanol–water partition coefficient (Wildman–Crippen LogP) is 10.6. The molecule has 0 saturated heterocycles. The molecule has 0 amide bonds. The Labute approximate surface area is 258 Å². The average Bonchev–Trinajstić information content (AvgIpc) is 3.02. The SMILES string of the molecule is CCCCCCCCCCCCCCCCOc1ccc(C=CC(=O)c2ccc(N=Cc3ccc(O)cc3O)cc2)cc1. The molecule has 0 aliphatic rings. The lowest BCUT2D eigenvalue weighted by molar-refractivity contribution is 0.104. The summed E-state index contributed by atoms with van der Waals surface area (Å²) >= 11 is 0. The number of nitrogens with zero attached hydrogens (tertiary/aromatic N) is 1. The first kappa shape index (κ1) is 33.6. The van der Waals surface area contributed by atoms with E-state index in [1.807, 2.05) is 24.3 Å². The number of phenols is 2. The van der Waals surface area contributed by atoms with E-state index in [-0.39, 0.29) is 17.3 Å². The number of ketones is 1. The fourth-order valence-electron chi connectivity index (χ4n) is 4.93. The minimum atomic E-state index is -0.0927. The number of carbonyl (C=O) groups is 1. The Morgan fingerprint density at radius 1 is 0.721 bits per heavy atom. The number of carbonyl (C=O) groups excluding carboxylic acids is 1. The van der Waals surface area contributed by atoms with Gasteiger partial charge in [0.1, 0.15) is 17.2 Å². The molecule has 43 heavy (non-hydrogen) atoms. The molecule has 0 aliphatic heterocycles. The van der Waals surface area contributed by atoms with E-state index in [2.05, 4.69) is 11.9 Å². The van der Waals surface area contributed by atoms with Crippen molar-refractivity contribution < 1.29 is 19.7 Å². The van der Waals surface area contributed by atoms with Gasteiger partial charge in [-0.15, -0.1) is 0 Å². The number of rotatable bonds is 21. The topological polar surface area (TPSA) is 79.1 Å². The van der Waals surface area contributed by atoms with Crippen molar-refractivity contribution in [3.8, 4) is 17.2 Å². The molecule has 230 valence electrons. The summed E-state index contributed by atoms with van der Waals surface area (Å²) in [5.74, 6) is 0.704. The summed E-state index contributed by atoms with van der Waals surface area (Å²) in [4.78, 5) is 16.9. The Kier molecular flexibility index (Phi) is 15.7. The zero-order valence-electron chi connectivity index (χ0n) is 25.8. The van der Waals surface area contributed by atoms with Crippen molar-refractivity contribution in [2.75, 3.05) is 6.61 Å². The largest absolute Gasteiger partial charge is 0.508 e. The van der Waals surface area contributed by atoms with Crippen LogP contribution in [0.2, 0.25) is 0 Å². The molecule has 3 aromatic carbocycles. The number of aromatic hydroxyl groups is 2. The molecule has 5 heteroatoms. The maximum absolute atomic E-state index is 12.6. The predicted molar refractivity (Wildman–Crippen MR) is 179 cm³/mol. The number of ether oxygens (including phenoxy) is 1. The molecule has 0 spiro atoms. The maximum atomic E-state index is 12.6. The van der Waals surface area contributed by atoms with Crippen LogP contribution in [0, 0.1) is 0 Å². The highest BCUT2D eigenvalue weighted by molar-refractivity contribution is 6.07. The van der Waals surface area contributed by atoms with Gasteiger partial charge in [-0.2, -0.15) is 0 Å². The quantitative estimate of drug-likeness (QED) is 0.0566. The maximum Gasteiger partial charge on any atom is 0.185 e. The van der Waals surface area contributed by atoms with Crippen molar-refractivity contribution in [2.45, 2.75) is 96.8 Å². The summed E-state index contributed by atoms with van der Waals surface area (Å²) in [6, 6.07) is 19.1. The van der Waals surface area contributed by atoms with E-state index in [1.54, 1.807) is 42.5 Å². The van der Waals surface area contributed by atoms with Crippen LogP contribution in [0.4, 0.5) is 5.69 Å². The van der Waals surface area contributed by atoms with Crippen molar-refractivity contribution in [1.82, 2.24) is 0 Å². The standard InChI is InChI=1S/C38H49NO4/c1-2-3-4-5-6-7-8-9-10-11-12-13-14-15-28-43-36-25-16-31(17-26-36)18-27-37(41)32-19-22-34(23-20-32)39-30-33-21-24-35(40)29-38(33)42/h16-27,29-30,40,42H,2-15,28H2,1H3. The molecule has 0 aliphatic carbocycles. The fraction of sp³-hybridized carbons (Fsp3) is 0.421. The van der Waals surface area contributed by atoms with Gasteiger partial charge < -0.3 is 14.9 Å². The molecule has 3 aromatic rings. The molecular weight excluding hydrogens is 534 g/mol. The number of unbranched alkanes of at least 4 members (excludes halogenated alkanes) is 13. The first-order valence-electron chi connectivity index (χ1n) is 16.2. The van der Waals surface area contributed by atoms with Gasteiger partial charge in [-0.3, -0.25) is 9.79 Å². The molecule has 3 rings (SSSR count). The molecule has 2 N–H and O–H groups in total. The van der Waals surface area contributed by atoms with Gasteiger partial charge in [-0.1, -0.05) is 109 Å². The molecule has 0 unspecified atom stereocenters. The molecule has 0 aromatic heterocycles. The van der Waals surface area contributed by atoms with Crippen molar-refractivity contribution in [2.24, 2.45) is 4.99 Å². The summed E-state index contributed by atoms with van der Waals surface area (Å²) in [6.07, 6.45) is 23.8. The van der Waals surface area contributed by atoms with Gasteiger partial charge in [0.05, 0.1) is 12.3 Å². The Morgan fingerprint density at radius 3 is 1.88 bits per heavy atom. The van der Waals surface area contributed by atoms with Crippen LogP contribution in [0.3, 0.4) is 0 Å². The number of hydrogen-bond acceptors (Lipinski definition) is 5. The van der Waals surface area contributed by atoms with Crippen LogP contribution < -0.4 is 4.74 Å². The van der Waals surface area contributed by atoms with E-state index in [9.17, 15) is 15.0 Å². The molecule has 0 atom stereocenters. The minimum Gasteiger partial charge on any atom is -0.508 e. The van der Waals surface area contributed by atoms with Gasteiger partial charge in [0.25, 0.3) is 0 Å². The Balaban J connectivity index is 1.26. The normalized spacial score (nSPS) is 11.5. The average molecular weight is 584 g/mol. The number of allylic oxidation sites excluding steroid dienone is 1. The first-order chi connectivity index (χ1) is 21.0. The Morgan fingerprint density at radius 2 is 1.30 bits per heavy atom. The van der Waals surface area contributed by atoms with E-state index < -0.39 is 0 Å². The first-order valence-corrected chi connectivity index (χ1v) is 16.2. The number of benzene rings is 3. The highest BCUT2D eigenvalue weighted by Gasteiger charge is 2.03. The van der Waals surface area contributed by atoms with Crippen LogP contribution in [-0.4, -0.2) is 28.8 Å². The van der Waals surface area contributed by atoms with Crippen LogP contribution in [0.5, 0.6) is 17.2 Å². The third kappa shape index (κ3) is 13.8. The molecule has 0 saturated carbocycles. The second kappa shape index (κ2) is 20.1. The molecule has 0 heterocycles. The van der Waals surface area contributed by atoms with Crippen LogP contribution in [0.15, 0.2) is 77.8 Å². The highest BCUT2D eigenvalue weighted by atomic mass is 16.5. The molecule has 5 nitrogen and oxygen atoms in total. The van der Waals surface area contributed by atoms with E-state index in [1.165, 1.54) is 102 Å². The van der Waals surface area contributed by atoms with Crippen molar-refractivity contribution in [3.05, 3.63) is 89.5 Å². The van der Waals surface area contributed by atoms with Gasteiger partial charge in [-0.25, -0.2) is 0 Å². The zero-order chi connectivity index (χ0) is 30.5. The van der Waals surface area contributed by atoms with Gasteiger partial charge in [0, 0.05) is 23.4 Å². The summed E-state index contributed by atoms with van der Waals surface area (Å²) in [5.41, 5.74) is 2.65. The molecular formula is C38H49NO4. The second-order valence-electron chi connectivity index (χ2n) is 11.3. The summed E-state index contributed by atoms with van der Waals surface area (Å²) < 4.78 is 5.91. The van der Waals surface area contributed by atoms with Gasteiger partial charge in [-0.05, 0) is 66.6 Å². The summed E-state index contributed by atoms with van der Waals surface area (Å²) in [5, 5.41) is 19.3. The lowest BCUT2D eigenvalue weighted by Gasteiger charge is -2.07. The van der Waals surface area contributed by atoms with Crippen molar-refractivity contribution in [1.29, 1.82) is 0 Å². The van der Waals surface area contributed by atoms with Crippen LogP contribution in [0.25, 0.3) is 6.08 Å². The van der Waals surface area contributed by atoms with Gasteiger partial charge in [0.2, 0.25) is 0 Å². The van der Waals surface area contributed by atoms with Crippen molar-refractivity contribution >= 4 is 23.8 Å². The van der Waals surface area contributed by atoms with Crippen LogP contribution >= 0.6 is 0 Å². The molecule has 0 radical (unpaired) electrons.